The SMILES string of the molecule is CC1CCCN(CC(=O)N2CCCCCC2)C1. The van der Waals surface area contributed by atoms with E-state index in [0.717, 1.165) is 32.1 Å². The van der Waals surface area contributed by atoms with E-state index in [4.69, 9.17) is 0 Å². The number of hydrogen-bond acceptors (Lipinski definition) is 2. The summed E-state index contributed by atoms with van der Waals surface area (Å²) < 4.78 is 0. The van der Waals surface area contributed by atoms with Crippen molar-refractivity contribution in [1.82, 2.24) is 9.80 Å². The zero-order valence-electron chi connectivity index (χ0n) is 11.2. The van der Waals surface area contributed by atoms with Crippen molar-refractivity contribution in [2.24, 2.45) is 5.92 Å². The van der Waals surface area contributed by atoms with Crippen molar-refractivity contribution in [1.29, 1.82) is 0 Å². The lowest BCUT2D eigenvalue weighted by molar-refractivity contribution is -0.132. The Balaban J connectivity index is 1.78. The quantitative estimate of drug-likeness (QED) is 0.735. The van der Waals surface area contributed by atoms with Crippen LogP contribution in [0.5, 0.6) is 0 Å². The molecular weight excluding hydrogens is 212 g/mol. The fourth-order valence-electron chi connectivity index (χ4n) is 3.04. The highest BCUT2D eigenvalue weighted by atomic mass is 16.2. The number of hydrogen-bond donors (Lipinski definition) is 0. The monoisotopic (exact) mass is 238 g/mol. The van der Waals surface area contributed by atoms with Crippen LogP contribution in [0.2, 0.25) is 0 Å². The number of carbonyl (C=O) groups is 1. The molecule has 0 bridgehead atoms. The average molecular weight is 238 g/mol. The summed E-state index contributed by atoms with van der Waals surface area (Å²) in [5.41, 5.74) is 0. The van der Waals surface area contributed by atoms with Crippen molar-refractivity contribution >= 4 is 5.91 Å². The van der Waals surface area contributed by atoms with Gasteiger partial charge in [0.25, 0.3) is 0 Å². The molecule has 1 amide bonds. The Morgan fingerprint density at radius 1 is 1.06 bits per heavy atom. The van der Waals surface area contributed by atoms with Gasteiger partial charge >= 0.3 is 0 Å². The first-order valence-electron chi connectivity index (χ1n) is 7.26. The van der Waals surface area contributed by atoms with E-state index >= 15 is 0 Å². The van der Waals surface area contributed by atoms with E-state index in [0.29, 0.717) is 12.5 Å². The summed E-state index contributed by atoms with van der Waals surface area (Å²) >= 11 is 0. The average Bonchev–Trinajstić information content (AvgIpc) is 2.57. The van der Waals surface area contributed by atoms with Crippen LogP contribution in [0.25, 0.3) is 0 Å². The van der Waals surface area contributed by atoms with Gasteiger partial charge in [-0.25, -0.2) is 0 Å². The van der Waals surface area contributed by atoms with Crippen molar-refractivity contribution in [2.75, 3.05) is 32.7 Å². The van der Waals surface area contributed by atoms with Crippen molar-refractivity contribution in [3.05, 3.63) is 0 Å². The highest BCUT2D eigenvalue weighted by molar-refractivity contribution is 5.78. The molecule has 0 saturated carbocycles. The Kier molecular flexibility index (Phi) is 4.84. The molecule has 98 valence electrons. The molecule has 17 heavy (non-hydrogen) atoms. The van der Waals surface area contributed by atoms with Gasteiger partial charge in [-0.15, -0.1) is 0 Å². The number of nitrogens with zero attached hydrogens (tertiary/aromatic N) is 2. The molecule has 0 aliphatic carbocycles. The van der Waals surface area contributed by atoms with Crippen LogP contribution in [-0.2, 0) is 4.79 Å². The second-order valence-electron chi connectivity index (χ2n) is 5.78. The Hall–Kier alpha value is -0.570. The number of likely N-dealkylation sites (tertiary alicyclic amines) is 2. The second kappa shape index (κ2) is 6.39. The van der Waals surface area contributed by atoms with Gasteiger partial charge in [0, 0.05) is 19.6 Å². The molecule has 2 aliphatic heterocycles. The smallest absolute Gasteiger partial charge is 0.236 e. The Morgan fingerprint density at radius 2 is 1.76 bits per heavy atom. The van der Waals surface area contributed by atoms with Gasteiger partial charge in [-0.3, -0.25) is 9.69 Å². The van der Waals surface area contributed by atoms with E-state index < -0.39 is 0 Å². The first-order valence-corrected chi connectivity index (χ1v) is 7.26. The topological polar surface area (TPSA) is 23.6 Å². The lowest BCUT2D eigenvalue weighted by Gasteiger charge is -2.32. The Bertz CT molecular complexity index is 247. The molecule has 0 aromatic heterocycles. The van der Waals surface area contributed by atoms with Gasteiger partial charge in [0.05, 0.1) is 6.54 Å². The van der Waals surface area contributed by atoms with Crippen LogP contribution in [0.4, 0.5) is 0 Å². The molecular formula is C14H26N2O. The van der Waals surface area contributed by atoms with Crippen molar-refractivity contribution in [2.45, 2.75) is 45.4 Å². The molecule has 2 saturated heterocycles. The number of amides is 1. The summed E-state index contributed by atoms with van der Waals surface area (Å²) in [7, 11) is 0. The summed E-state index contributed by atoms with van der Waals surface area (Å²) in [5.74, 6) is 1.13. The summed E-state index contributed by atoms with van der Waals surface area (Å²) in [6.07, 6.45) is 7.57. The second-order valence-corrected chi connectivity index (χ2v) is 5.78. The minimum atomic E-state index is 0.362. The van der Waals surface area contributed by atoms with Crippen LogP contribution < -0.4 is 0 Å². The normalized spacial score (nSPS) is 27.8. The Labute approximate surface area is 105 Å². The van der Waals surface area contributed by atoms with Gasteiger partial charge in [-0.05, 0) is 38.1 Å². The summed E-state index contributed by atoms with van der Waals surface area (Å²) in [6, 6.07) is 0. The van der Waals surface area contributed by atoms with Gasteiger partial charge in [-0.2, -0.15) is 0 Å². The zero-order valence-corrected chi connectivity index (χ0v) is 11.2. The predicted octanol–water partition coefficient (Wildman–Crippen LogP) is 2.12. The first-order chi connectivity index (χ1) is 8.25. The molecule has 1 atom stereocenters. The minimum absolute atomic E-state index is 0.362. The minimum Gasteiger partial charge on any atom is -0.342 e. The summed E-state index contributed by atoms with van der Waals surface area (Å²) in [5, 5.41) is 0. The highest BCUT2D eigenvalue weighted by Gasteiger charge is 2.21. The van der Waals surface area contributed by atoms with Crippen LogP contribution in [-0.4, -0.2) is 48.4 Å². The molecule has 0 radical (unpaired) electrons. The van der Waals surface area contributed by atoms with E-state index in [9.17, 15) is 4.79 Å². The largest absolute Gasteiger partial charge is 0.342 e. The van der Waals surface area contributed by atoms with Crippen LogP contribution >= 0.6 is 0 Å². The molecule has 0 N–H and O–H groups in total. The number of piperidine rings is 1. The highest BCUT2D eigenvalue weighted by Crippen LogP contribution is 2.16. The van der Waals surface area contributed by atoms with E-state index in [1.165, 1.54) is 38.5 Å². The van der Waals surface area contributed by atoms with E-state index in [-0.39, 0.29) is 0 Å². The van der Waals surface area contributed by atoms with Gasteiger partial charge < -0.3 is 4.90 Å². The molecule has 2 heterocycles. The van der Waals surface area contributed by atoms with Crippen molar-refractivity contribution < 1.29 is 4.79 Å². The van der Waals surface area contributed by atoms with Gasteiger partial charge in [0.1, 0.15) is 0 Å². The molecule has 2 aliphatic rings. The van der Waals surface area contributed by atoms with Crippen LogP contribution in [0.15, 0.2) is 0 Å². The van der Waals surface area contributed by atoms with Crippen molar-refractivity contribution in [3.8, 4) is 0 Å². The molecule has 1 unspecified atom stereocenters. The van der Waals surface area contributed by atoms with Gasteiger partial charge in [-0.1, -0.05) is 19.8 Å². The Morgan fingerprint density at radius 3 is 2.41 bits per heavy atom. The lowest BCUT2D eigenvalue weighted by Crippen LogP contribution is -2.44. The maximum atomic E-state index is 12.2. The third-order valence-corrected chi connectivity index (χ3v) is 4.06. The number of rotatable bonds is 2. The molecule has 3 nitrogen and oxygen atoms in total. The van der Waals surface area contributed by atoms with E-state index in [2.05, 4.69) is 16.7 Å². The molecule has 3 heteroatoms. The van der Waals surface area contributed by atoms with E-state index in [1.807, 2.05) is 0 Å². The first kappa shape index (κ1) is 12.9. The van der Waals surface area contributed by atoms with Crippen LogP contribution in [0.3, 0.4) is 0 Å². The van der Waals surface area contributed by atoms with Crippen LogP contribution in [0.1, 0.15) is 45.4 Å². The maximum absolute atomic E-state index is 12.2. The standard InChI is InChI=1S/C14H26N2O/c1-13-7-6-8-15(11-13)12-14(17)16-9-4-2-3-5-10-16/h13H,2-12H2,1H3. The van der Waals surface area contributed by atoms with Crippen LogP contribution in [0, 0.1) is 5.92 Å². The van der Waals surface area contributed by atoms with Crippen molar-refractivity contribution in [3.63, 3.8) is 0 Å². The summed E-state index contributed by atoms with van der Waals surface area (Å²) in [6.45, 7) is 7.15. The lowest BCUT2D eigenvalue weighted by atomic mass is 10.0. The molecule has 0 spiro atoms. The van der Waals surface area contributed by atoms with Gasteiger partial charge in [0.2, 0.25) is 5.91 Å². The number of carbonyl (C=O) groups excluding carboxylic acids is 1. The summed E-state index contributed by atoms with van der Waals surface area (Å²) in [4.78, 5) is 16.6. The predicted molar refractivity (Wildman–Crippen MR) is 69.9 cm³/mol. The van der Waals surface area contributed by atoms with Gasteiger partial charge in [0.15, 0.2) is 0 Å². The maximum Gasteiger partial charge on any atom is 0.236 e. The van der Waals surface area contributed by atoms with E-state index in [1.54, 1.807) is 0 Å². The molecule has 2 fully saturated rings. The fourth-order valence-corrected chi connectivity index (χ4v) is 3.04. The molecule has 0 aromatic rings. The third kappa shape index (κ3) is 3.98. The fraction of sp³-hybridized carbons (Fsp3) is 0.929. The third-order valence-electron chi connectivity index (χ3n) is 4.06. The molecule has 0 aromatic carbocycles. The zero-order chi connectivity index (χ0) is 12.1. The molecule has 2 rings (SSSR count).